The van der Waals surface area contributed by atoms with Gasteiger partial charge in [0.1, 0.15) is 11.5 Å². The van der Waals surface area contributed by atoms with E-state index in [2.05, 4.69) is 10.3 Å². The summed E-state index contributed by atoms with van der Waals surface area (Å²) in [5.41, 5.74) is 0.808. The number of ether oxygens (including phenoxy) is 4. The van der Waals surface area contributed by atoms with Gasteiger partial charge in [-0.05, 0) is 48.0 Å². The highest BCUT2D eigenvalue weighted by Gasteiger charge is 2.30. The van der Waals surface area contributed by atoms with Crippen LogP contribution in [0.25, 0.3) is 10.9 Å². The molecule has 4 aromatic rings. The second-order valence-electron chi connectivity index (χ2n) is 7.87. The number of halogens is 3. The Balaban J connectivity index is 1.34. The summed E-state index contributed by atoms with van der Waals surface area (Å²) < 4.78 is 60.3. The fourth-order valence-electron chi connectivity index (χ4n) is 3.59. The molecular weight excluding hydrogens is 489 g/mol. The molecule has 10 heteroatoms. The highest BCUT2D eigenvalue weighted by molar-refractivity contribution is 5.88. The lowest BCUT2D eigenvalue weighted by atomic mass is 10.1. The molecule has 0 fully saturated rings. The number of carbonyl (C=O) groups excluding carboxylic acids is 1. The summed E-state index contributed by atoms with van der Waals surface area (Å²) in [4.78, 5) is 16.4. The predicted octanol–water partition coefficient (Wildman–Crippen LogP) is 6.85. The Morgan fingerprint density at radius 1 is 0.919 bits per heavy atom. The van der Waals surface area contributed by atoms with Crippen LogP contribution in [0.15, 0.2) is 72.9 Å². The largest absolute Gasteiger partial charge is 0.493 e. The molecule has 0 unspecified atom stereocenters. The molecule has 1 amide bonds. The molecule has 0 aliphatic heterocycles. The monoisotopic (exact) mass is 512 g/mol. The summed E-state index contributed by atoms with van der Waals surface area (Å²) in [6.45, 7) is -0.0717. The van der Waals surface area contributed by atoms with Crippen LogP contribution in [0.2, 0.25) is 0 Å². The molecule has 1 aromatic heterocycles. The lowest BCUT2D eigenvalue weighted by Crippen LogP contribution is -2.15. The van der Waals surface area contributed by atoms with Gasteiger partial charge in [-0.2, -0.15) is 13.2 Å². The molecule has 4 rings (SSSR count). The predicted molar refractivity (Wildman–Crippen MR) is 131 cm³/mol. The van der Waals surface area contributed by atoms with Gasteiger partial charge in [-0.15, -0.1) is 0 Å². The van der Waals surface area contributed by atoms with E-state index in [-0.39, 0.29) is 13.0 Å². The molecule has 1 N–H and O–H groups in total. The van der Waals surface area contributed by atoms with E-state index >= 15 is 0 Å². The first-order valence-electron chi connectivity index (χ1n) is 11.2. The Labute approximate surface area is 210 Å². The van der Waals surface area contributed by atoms with E-state index in [0.717, 1.165) is 17.5 Å². The Hall–Kier alpha value is -4.47. The number of anilines is 1. The molecule has 7 nitrogen and oxygen atoms in total. The highest BCUT2D eigenvalue weighted by atomic mass is 19.4. The van der Waals surface area contributed by atoms with Crippen molar-refractivity contribution in [1.29, 1.82) is 0 Å². The summed E-state index contributed by atoms with van der Waals surface area (Å²) in [6.07, 6.45) is -3.37. The van der Waals surface area contributed by atoms with Crippen LogP contribution in [-0.4, -0.2) is 31.9 Å². The molecular formula is C27H23F3N2O5. The maximum absolute atomic E-state index is 12.8. The number of amides is 1. The van der Waals surface area contributed by atoms with Gasteiger partial charge in [-0.1, -0.05) is 18.2 Å². The zero-order valence-corrected chi connectivity index (χ0v) is 20.0. The van der Waals surface area contributed by atoms with Crippen LogP contribution in [0.3, 0.4) is 0 Å². The van der Waals surface area contributed by atoms with Crippen LogP contribution in [0.4, 0.5) is 23.7 Å². The van der Waals surface area contributed by atoms with E-state index in [1.54, 1.807) is 68.9 Å². The Morgan fingerprint density at radius 2 is 1.65 bits per heavy atom. The van der Waals surface area contributed by atoms with E-state index in [4.69, 9.17) is 18.9 Å². The number of methoxy groups -OCH3 is 2. The average Bonchev–Trinajstić information content (AvgIpc) is 2.89. The third-order valence-electron chi connectivity index (χ3n) is 5.41. The van der Waals surface area contributed by atoms with Crippen LogP contribution < -0.4 is 19.5 Å². The zero-order valence-electron chi connectivity index (χ0n) is 20.0. The third-order valence-corrected chi connectivity index (χ3v) is 5.41. The number of benzene rings is 3. The van der Waals surface area contributed by atoms with Crippen molar-refractivity contribution in [3.8, 4) is 23.0 Å². The van der Waals surface area contributed by atoms with Gasteiger partial charge in [0.2, 0.25) is 0 Å². The van der Waals surface area contributed by atoms with E-state index in [0.29, 0.717) is 39.8 Å². The molecule has 1 heterocycles. The van der Waals surface area contributed by atoms with Gasteiger partial charge in [0.25, 0.3) is 0 Å². The number of hydrogen-bond donors (Lipinski definition) is 1. The summed E-state index contributed by atoms with van der Waals surface area (Å²) in [7, 11) is 3.09. The minimum Gasteiger partial charge on any atom is -0.493 e. The normalized spacial score (nSPS) is 11.2. The fourth-order valence-corrected chi connectivity index (χ4v) is 3.59. The van der Waals surface area contributed by atoms with Crippen molar-refractivity contribution in [2.24, 2.45) is 0 Å². The van der Waals surface area contributed by atoms with Gasteiger partial charge in [-0.3, -0.25) is 10.3 Å². The van der Waals surface area contributed by atoms with Crippen molar-refractivity contribution in [1.82, 2.24) is 4.98 Å². The van der Waals surface area contributed by atoms with Crippen LogP contribution in [0.1, 0.15) is 11.1 Å². The smallest absolute Gasteiger partial charge is 0.416 e. The first kappa shape index (κ1) is 25.6. The van der Waals surface area contributed by atoms with Crippen LogP contribution in [-0.2, 0) is 17.3 Å². The topological polar surface area (TPSA) is 78.9 Å². The molecule has 0 bridgehead atoms. The highest BCUT2D eigenvalue weighted by Crippen LogP contribution is 2.37. The van der Waals surface area contributed by atoms with Crippen LogP contribution in [0, 0.1) is 0 Å². The lowest BCUT2D eigenvalue weighted by molar-refractivity contribution is -0.137. The summed E-state index contributed by atoms with van der Waals surface area (Å²) >= 11 is 0. The molecule has 0 radical (unpaired) electrons. The SMILES string of the molecule is COc1cc2nccc(Oc3ccc(NC(=O)OCCc4cccc(C(F)(F)F)c4)cc3)c2cc1OC. The van der Waals surface area contributed by atoms with E-state index in [1.807, 2.05) is 0 Å². The summed E-state index contributed by atoms with van der Waals surface area (Å²) in [6, 6.07) is 16.8. The maximum Gasteiger partial charge on any atom is 0.416 e. The number of nitrogens with zero attached hydrogens (tertiary/aromatic N) is 1. The molecule has 0 saturated heterocycles. The van der Waals surface area contributed by atoms with Gasteiger partial charge in [0, 0.05) is 29.8 Å². The average molecular weight is 512 g/mol. The third kappa shape index (κ3) is 6.40. The molecule has 37 heavy (non-hydrogen) atoms. The molecule has 0 aliphatic rings. The first-order valence-corrected chi connectivity index (χ1v) is 11.2. The fraction of sp³-hybridized carbons (Fsp3) is 0.185. The second-order valence-corrected chi connectivity index (χ2v) is 7.87. The minimum absolute atomic E-state index is 0.0717. The summed E-state index contributed by atoms with van der Waals surface area (Å²) in [5, 5.41) is 3.30. The van der Waals surface area contributed by atoms with Gasteiger partial charge >= 0.3 is 12.3 Å². The van der Waals surface area contributed by atoms with E-state index in [1.165, 1.54) is 6.07 Å². The van der Waals surface area contributed by atoms with Crippen molar-refractivity contribution in [3.63, 3.8) is 0 Å². The molecule has 3 aromatic carbocycles. The van der Waals surface area contributed by atoms with Crippen LogP contribution in [0.5, 0.6) is 23.0 Å². The number of aromatic nitrogens is 1. The number of hydrogen-bond acceptors (Lipinski definition) is 6. The number of rotatable bonds is 8. The van der Waals surface area contributed by atoms with Crippen LogP contribution >= 0.6 is 0 Å². The van der Waals surface area contributed by atoms with Crippen molar-refractivity contribution >= 4 is 22.7 Å². The van der Waals surface area contributed by atoms with Crippen molar-refractivity contribution in [2.75, 3.05) is 26.1 Å². The molecule has 0 aliphatic carbocycles. The van der Waals surface area contributed by atoms with Gasteiger partial charge in [-0.25, -0.2) is 4.79 Å². The lowest BCUT2D eigenvalue weighted by Gasteiger charge is -2.13. The minimum atomic E-state index is -4.42. The molecule has 0 saturated carbocycles. The van der Waals surface area contributed by atoms with Gasteiger partial charge in [0.05, 0.1) is 31.9 Å². The Morgan fingerprint density at radius 3 is 2.35 bits per heavy atom. The Bertz CT molecular complexity index is 1390. The van der Waals surface area contributed by atoms with Crippen molar-refractivity contribution in [3.05, 3.63) is 84.1 Å². The standard InChI is InChI=1S/C27H23F3N2O5/c1-34-24-15-21-22(16-25(24)35-2)31-12-10-23(21)37-20-8-6-19(7-9-20)32-26(33)36-13-11-17-4-3-5-18(14-17)27(28,29)30/h3-10,12,14-16H,11,13H2,1-2H3,(H,32,33). The molecule has 0 atom stereocenters. The van der Waals surface area contributed by atoms with Crippen molar-refractivity contribution < 1.29 is 36.9 Å². The Kier molecular flexibility index (Phi) is 7.66. The molecule has 192 valence electrons. The van der Waals surface area contributed by atoms with E-state index < -0.39 is 17.8 Å². The molecule has 0 spiro atoms. The number of carbonyl (C=O) groups is 1. The van der Waals surface area contributed by atoms with Gasteiger partial charge < -0.3 is 18.9 Å². The van der Waals surface area contributed by atoms with Gasteiger partial charge in [0.15, 0.2) is 11.5 Å². The maximum atomic E-state index is 12.8. The number of nitrogens with one attached hydrogen (secondary N) is 1. The number of alkyl halides is 3. The number of fused-ring (bicyclic) bond motifs is 1. The zero-order chi connectivity index (χ0) is 26.4. The number of pyridine rings is 1. The quantitative estimate of drug-likeness (QED) is 0.278. The first-order chi connectivity index (χ1) is 17.8. The second kappa shape index (κ2) is 11.1. The summed E-state index contributed by atoms with van der Waals surface area (Å²) in [5.74, 6) is 2.17. The van der Waals surface area contributed by atoms with Crippen molar-refractivity contribution in [2.45, 2.75) is 12.6 Å². The van der Waals surface area contributed by atoms with E-state index in [9.17, 15) is 18.0 Å².